The number of aromatic nitrogens is 1. The molecule has 8 nitrogen and oxygen atoms in total. The zero-order valence-electron chi connectivity index (χ0n) is 17.6. The second kappa shape index (κ2) is 8.96. The van der Waals surface area contributed by atoms with Gasteiger partial charge in [-0.1, -0.05) is 11.6 Å². The van der Waals surface area contributed by atoms with E-state index in [0.29, 0.717) is 31.2 Å². The maximum atomic E-state index is 13.5. The van der Waals surface area contributed by atoms with Crippen molar-refractivity contribution in [1.29, 1.82) is 5.26 Å². The molecule has 2 aromatic rings. The highest BCUT2D eigenvalue weighted by Crippen LogP contribution is 2.47. The normalized spacial score (nSPS) is 25.7. The Kier molecular flexibility index (Phi) is 6.23. The summed E-state index contributed by atoms with van der Waals surface area (Å²) in [6.45, 7) is -0.335. The van der Waals surface area contributed by atoms with Crippen LogP contribution in [0.1, 0.15) is 48.2 Å². The van der Waals surface area contributed by atoms with E-state index in [-0.39, 0.29) is 29.5 Å². The molecule has 0 saturated heterocycles. The number of nitrogens with zero attached hydrogens (tertiary/aromatic N) is 2. The van der Waals surface area contributed by atoms with E-state index in [4.69, 9.17) is 21.6 Å². The van der Waals surface area contributed by atoms with Crippen LogP contribution in [0.5, 0.6) is 5.75 Å². The van der Waals surface area contributed by atoms with E-state index in [9.17, 15) is 19.1 Å². The van der Waals surface area contributed by atoms with Gasteiger partial charge >= 0.3 is 0 Å². The first-order valence-electron chi connectivity index (χ1n) is 10.5. The third kappa shape index (κ3) is 4.77. The number of hydrogen-bond donors (Lipinski definition) is 3. The number of amides is 2. The number of aliphatic hydroxyl groups excluding tert-OH is 1. The molecule has 1 aromatic heterocycles. The molecule has 10 heteroatoms. The average Bonchev–Trinajstić information content (AvgIpc) is 2.81. The lowest BCUT2D eigenvalue weighted by molar-refractivity contribution is -0.132. The minimum atomic E-state index is -0.865. The van der Waals surface area contributed by atoms with Crippen LogP contribution in [0, 0.1) is 17.1 Å². The zero-order chi connectivity index (χ0) is 23.6. The van der Waals surface area contributed by atoms with Crippen LogP contribution in [0.3, 0.4) is 0 Å². The van der Waals surface area contributed by atoms with Crippen molar-refractivity contribution >= 4 is 23.4 Å². The van der Waals surface area contributed by atoms with Gasteiger partial charge in [0.1, 0.15) is 17.3 Å². The third-order valence-electron chi connectivity index (χ3n) is 6.47. The summed E-state index contributed by atoms with van der Waals surface area (Å²) in [7, 11) is 0. The van der Waals surface area contributed by atoms with E-state index >= 15 is 0 Å². The van der Waals surface area contributed by atoms with E-state index in [1.807, 2.05) is 6.07 Å². The van der Waals surface area contributed by atoms with E-state index < -0.39 is 34.8 Å². The molecule has 1 aromatic carbocycles. The van der Waals surface area contributed by atoms with Crippen molar-refractivity contribution in [2.45, 2.75) is 49.3 Å². The summed E-state index contributed by atoms with van der Waals surface area (Å²) in [6.07, 6.45) is 2.90. The van der Waals surface area contributed by atoms with Crippen LogP contribution in [-0.4, -0.2) is 45.7 Å². The molecule has 5 rings (SSSR count). The molecule has 3 aliphatic rings. The molecule has 0 spiro atoms. The van der Waals surface area contributed by atoms with Crippen LogP contribution in [0.4, 0.5) is 4.39 Å². The van der Waals surface area contributed by atoms with E-state index in [1.165, 1.54) is 30.5 Å². The molecule has 172 valence electrons. The predicted octanol–water partition coefficient (Wildman–Crippen LogP) is 2.49. The number of fused-ring (bicyclic) bond motifs is 3. The van der Waals surface area contributed by atoms with Gasteiger partial charge in [-0.3, -0.25) is 14.6 Å². The summed E-state index contributed by atoms with van der Waals surface area (Å²) in [5.74, 6) is -1.30. The number of pyridine rings is 1. The van der Waals surface area contributed by atoms with Crippen molar-refractivity contribution in [3.63, 3.8) is 0 Å². The summed E-state index contributed by atoms with van der Waals surface area (Å²) in [6, 6.07) is 8.82. The summed E-state index contributed by atoms with van der Waals surface area (Å²) in [5, 5.41) is 25.7. The summed E-state index contributed by atoms with van der Waals surface area (Å²) in [4.78, 5) is 29.2. The van der Waals surface area contributed by atoms with E-state index in [0.717, 1.165) is 6.07 Å². The minimum Gasteiger partial charge on any atom is -0.484 e. The first kappa shape index (κ1) is 23.0. The van der Waals surface area contributed by atoms with Crippen molar-refractivity contribution in [2.75, 3.05) is 6.61 Å². The molecule has 3 fully saturated rings. The summed E-state index contributed by atoms with van der Waals surface area (Å²) >= 11 is 5.64. The molecule has 3 aliphatic carbocycles. The highest BCUT2D eigenvalue weighted by atomic mass is 35.5. The van der Waals surface area contributed by atoms with Crippen LogP contribution in [0.2, 0.25) is 5.02 Å². The Morgan fingerprint density at radius 3 is 2.67 bits per heavy atom. The Balaban J connectivity index is 1.35. The van der Waals surface area contributed by atoms with Gasteiger partial charge in [-0.25, -0.2) is 4.39 Å². The number of benzene rings is 1. The van der Waals surface area contributed by atoms with E-state index in [1.54, 1.807) is 0 Å². The van der Waals surface area contributed by atoms with Crippen LogP contribution < -0.4 is 15.4 Å². The molecule has 33 heavy (non-hydrogen) atoms. The molecule has 1 atom stereocenters. The first-order chi connectivity index (χ1) is 15.7. The summed E-state index contributed by atoms with van der Waals surface area (Å²) < 4.78 is 18.9. The molecule has 1 heterocycles. The van der Waals surface area contributed by atoms with Crippen LogP contribution in [0.15, 0.2) is 36.5 Å². The van der Waals surface area contributed by atoms with Gasteiger partial charge in [0.2, 0.25) is 0 Å². The molecule has 0 radical (unpaired) electrons. The van der Waals surface area contributed by atoms with Crippen molar-refractivity contribution in [2.24, 2.45) is 0 Å². The fraction of sp³-hybridized carbons (Fsp3) is 0.391. The van der Waals surface area contributed by atoms with Gasteiger partial charge in [-0.05, 0) is 56.4 Å². The average molecular weight is 473 g/mol. The third-order valence-corrected chi connectivity index (χ3v) is 6.78. The lowest BCUT2D eigenvalue weighted by Gasteiger charge is -2.56. The molecule has 0 unspecified atom stereocenters. The number of carbonyl (C=O) groups excluding carboxylic acids is 2. The number of halogens is 2. The zero-order valence-corrected chi connectivity index (χ0v) is 18.4. The Morgan fingerprint density at radius 2 is 2.00 bits per heavy atom. The molecule has 2 bridgehead atoms. The SMILES string of the molecule is N#Cc1ccnc(C(=O)NC23CCC(NC(=O)COc4ccc(Cl)c(F)c4)(CC2)[C@@H](O)C3)c1. The smallest absolute Gasteiger partial charge is 0.270 e. The maximum Gasteiger partial charge on any atom is 0.270 e. The quantitative estimate of drug-likeness (QED) is 0.593. The Labute approximate surface area is 194 Å². The van der Waals surface area contributed by atoms with Gasteiger partial charge in [0.25, 0.3) is 11.8 Å². The Hall–Kier alpha value is -3.22. The highest BCUT2D eigenvalue weighted by Gasteiger charge is 2.55. The highest BCUT2D eigenvalue weighted by molar-refractivity contribution is 6.30. The number of nitrogens with one attached hydrogen (secondary N) is 2. The van der Waals surface area contributed by atoms with Crippen LogP contribution in [0.25, 0.3) is 0 Å². The minimum absolute atomic E-state index is 0.0395. The number of carbonyl (C=O) groups is 2. The van der Waals surface area contributed by atoms with Crippen molar-refractivity contribution in [3.8, 4) is 11.8 Å². The van der Waals surface area contributed by atoms with Gasteiger partial charge in [-0.2, -0.15) is 5.26 Å². The molecule has 0 aliphatic heterocycles. The standard InChI is InChI=1S/C23H22ClFN4O4/c24-16-2-1-15(10-17(16)25)33-13-20(31)28-23-6-4-22(5-7-23,11-19(23)30)29-21(32)18-9-14(12-26)3-8-27-18/h1-3,8-10,19,30H,4-7,11,13H2,(H,28,31)(H,29,32)/t19-,22?,23?/m0/s1. The molecule has 2 amide bonds. The van der Waals surface area contributed by atoms with Crippen molar-refractivity contribution in [1.82, 2.24) is 15.6 Å². The van der Waals surface area contributed by atoms with Gasteiger partial charge in [0.05, 0.1) is 28.3 Å². The van der Waals surface area contributed by atoms with Crippen LogP contribution >= 0.6 is 11.6 Å². The summed E-state index contributed by atoms with van der Waals surface area (Å²) in [5.41, 5.74) is -0.934. The van der Waals surface area contributed by atoms with Crippen LogP contribution in [-0.2, 0) is 4.79 Å². The number of nitriles is 1. The second-order valence-electron chi connectivity index (χ2n) is 8.56. The van der Waals surface area contributed by atoms with Gasteiger partial charge < -0.3 is 20.5 Å². The lowest BCUT2D eigenvalue weighted by atomic mass is 9.60. The van der Waals surface area contributed by atoms with Crippen molar-refractivity contribution in [3.05, 3.63) is 58.6 Å². The van der Waals surface area contributed by atoms with E-state index in [2.05, 4.69) is 15.6 Å². The topological polar surface area (TPSA) is 124 Å². The monoisotopic (exact) mass is 472 g/mol. The fourth-order valence-electron chi connectivity index (χ4n) is 4.62. The molecular weight excluding hydrogens is 451 g/mol. The fourth-order valence-corrected chi connectivity index (χ4v) is 4.74. The lowest BCUT2D eigenvalue weighted by Crippen LogP contribution is -2.70. The number of aliphatic hydroxyl groups is 1. The number of hydrogen-bond acceptors (Lipinski definition) is 6. The molecule has 3 N–H and O–H groups in total. The van der Waals surface area contributed by atoms with Gasteiger partial charge in [-0.15, -0.1) is 0 Å². The largest absolute Gasteiger partial charge is 0.484 e. The predicted molar refractivity (Wildman–Crippen MR) is 116 cm³/mol. The van der Waals surface area contributed by atoms with Gasteiger partial charge in [0, 0.05) is 17.8 Å². The molecular formula is C23H22ClFN4O4. The number of rotatable bonds is 6. The second-order valence-corrected chi connectivity index (χ2v) is 8.97. The first-order valence-corrected chi connectivity index (χ1v) is 10.9. The number of ether oxygens (including phenoxy) is 1. The molecule has 3 saturated carbocycles. The van der Waals surface area contributed by atoms with Crippen molar-refractivity contribution < 1.29 is 23.8 Å². The maximum absolute atomic E-state index is 13.5. The Bertz CT molecular complexity index is 1130. The van der Waals surface area contributed by atoms with Gasteiger partial charge in [0.15, 0.2) is 6.61 Å². The Morgan fingerprint density at radius 1 is 1.24 bits per heavy atom.